The lowest BCUT2D eigenvalue weighted by Gasteiger charge is -2.11. The summed E-state index contributed by atoms with van der Waals surface area (Å²) in [6, 6.07) is 13.1. The van der Waals surface area contributed by atoms with Crippen LogP contribution in [0.4, 0.5) is 0 Å². The number of carboxylic acid groups (broad SMARTS) is 1. The molecule has 0 aliphatic carbocycles. The number of carbonyl (C=O) groups is 1. The topological polar surface area (TPSA) is 58.6 Å². The largest absolute Gasteiger partial charge is 0.494 e. The number of rotatable bonds is 8. The Bertz CT molecular complexity index is 667. The van der Waals surface area contributed by atoms with Crippen molar-refractivity contribution < 1.29 is 14.6 Å². The summed E-state index contributed by atoms with van der Waals surface area (Å²) in [7, 11) is 0. The maximum atomic E-state index is 11.0. The Kier molecular flexibility index (Phi) is 6.18. The van der Waals surface area contributed by atoms with Gasteiger partial charge >= 0.3 is 5.97 Å². The van der Waals surface area contributed by atoms with Gasteiger partial charge in [0.2, 0.25) is 0 Å². The first-order chi connectivity index (χ1) is 11.1. The summed E-state index contributed by atoms with van der Waals surface area (Å²) < 4.78 is 5.62. The molecule has 0 fully saturated rings. The van der Waals surface area contributed by atoms with Gasteiger partial charge in [-0.15, -0.1) is 0 Å². The van der Waals surface area contributed by atoms with E-state index in [-0.39, 0.29) is 0 Å². The van der Waals surface area contributed by atoms with Crippen molar-refractivity contribution in [1.29, 1.82) is 0 Å². The maximum absolute atomic E-state index is 11.0. The van der Waals surface area contributed by atoms with E-state index in [1.54, 1.807) is 18.2 Å². The summed E-state index contributed by atoms with van der Waals surface area (Å²) in [6.45, 7) is 6.26. The molecule has 0 saturated carbocycles. The predicted octanol–water partition coefficient (Wildman–Crippen LogP) is 3.77. The number of carboxylic acids is 1. The second-order valence-corrected chi connectivity index (χ2v) is 5.55. The van der Waals surface area contributed by atoms with Gasteiger partial charge in [0.15, 0.2) is 0 Å². The second kappa shape index (κ2) is 8.34. The third-order valence-electron chi connectivity index (χ3n) is 3.61. The Balaban J connectivity index is 1.91. The lowest BCUT2D eigenvalue weighted by atomic mass is 10.1. The molecule has 2 aromatic rings. The zero-order valence-corrected chi connectivity index (χ0v) is 13.6. The van der Waals surface area contributed by atoms with Crippen LogP contribution in [0.3, 0.4) is 0 Å². The van der Waals surface area contributed by atoms with Crippen molar-refractivity contribution in [3.8, 4) is 5.75 Å². The molecule has 0 unspecified atom stereocenters. The summed E-state index contributed by atoms with van der Waals surface area (Å²) in [6.07, 6.45) is 0.998. The van der Waals surface area contributed by atoms with Gasteiger partial charge in [0.25, 0.3) is 0 Å². The lowest BCUT2D eigenvalue weighted by molar-refractivity contribution is 0.0696. The fourth-order valence-electron chi connectivity index (χ4n) is 2.33. The molecule has 0 aliphatic heterocycles. The Morgan fingerprint density at radius 2 is 2.00 bits per heavy atom. The normalized spacial score (nSPS) is 10.5. The first-order valence-corrected chi connectivity index (χ1v) is 7.85. The van der Waals surface area contributed by atoms with Crippen LogP contribution in [0.1, 0.15) is 40.4 Å². The number of ether oxygens (including phenoxy) is 1. The predicted molar refractivity (Wildman–Crippen MR) is 90.9 cm³/mol. The summed E-state index contributed by atoms with van der Waals surface area (Å²) in [5.41, 5.74) is 3.68. The molecule has 0 aliphatic rings. The van der Waals surface area contributed by atoms with Crippen molar-refractivity contribution in [2.45, 2.75) is 33.4 Å². The fourth-order valence-corrected chi connectivity index (χ4v) is 2.33. The highest BCUT2D eigenvalue weighted by atomic mass is 16.5. The number of hydrogen-bond donors (Lipinski definition) is 2. The zero-order chi connectivity index (χ0) is 16.7. The Hall–Kier alpha value is -2.33. The molecule has 0 amide bonds. The lowest BCUT2D eigenvalue weighted by Crippen LogP contribution is -2.14. The van der Waals surface area contributed by atoms with Crippen LogP contribution in [-0.2, 0) is 13.1 Å². The van der Waals surface area contributed by atoms with E-state index in [9.17, 15) is 4.79 Å². The summed E-state index contributed by atoms with van der Waals surface area (Å²) in [5.74, 6) is 0.00706. The number of aromatic carboxylic acids is 1. The molecule has 23 heavy (non-hydrogen) atoms. The molecule has 0 radical (unpaired) electrons. The van der Waals surface area contributed by atoms with Gasteiger partial charge in [-0.1, -0.05) is 25.1 Å². The Morgan fingerprint density at radius 1 is 1.17 bits per heavy atom. The molecule has 0 spiro atoms. The van der Waals surface area contributed by atoms with Crippen LogP contribution in [0.15, 0.2) is 42.5 Å². The smallest absolute Gasteiger partial charge is 0.335 e. The quantitative estimate of drug-likeness (QED) is 0.779. The number of aryl methyl sites for hydroxylation is 1. The van der Waals surface area contributed by atoms with E-state index < -0.39 is 5.97 Å². The minimum atomic E-state index is -0.898. The molecular formula is C19H23NO3. The SMILES string of the molecule is CCCOc1ccc(CNCc2cccc(C(=O)O)c2)c(C)c1. The van der Waals surface area contributed by atoms with Gasteiger partial charge in [-0.25, -0.2) is 4.79 Å². The molecule has 0 heterocycles. The third kappa shape index (κ3) is 5.11. The first-order valence-electron chi connectivity index (χ1n) is 7.85. The maximum Gasteiger partial charge on any atom is 0.335 e. The van der Waals surface area contributed by atoms with E-state index in [2.05, 4.69) is 31.3 Å². The standard InChI is InChI=1S/C19H23NO3/c1-3-9-23-18-8-7-17(14(2)10-18)13-20-12-15-5-4-6-16(11-15)19(21)22/h4-8,10-11,20H,3,9,12-13H2,1-2H3,(H,21,22). The van der Waals surface area contributed by atoms with Gasteiger partial charge < -0.3 is 15.2 Å². The molecule has 4 nitrogen and oxygen atoms in total. The van der Waals surface area contributed by atoms with Crippen LogP contribution < -0.4 is 10.1 Å². The van der Waals surface area contributed by atoms with E-state index in [1.165, 1.54) is 11.1 Å². The molecular weight excluding hydrogens is 290 g/mol. The molecule has 122 valence electrons. The average molecular weight is 313 g/mol. The minimum Gasteiger partial charge on any atom is -0.494 e. The van der Waals surface area contributed by atoms with E-state index in [0.717, 1.165) is 30.9 Å². The minimum absolute atomic E-state index is 0.318. The van der Waals surface area contributed by atoms with Crippen molar-refractivity contribution in [3.05, 3.63) is 64.7 Å². The second-order valence-electron chi connectivity index (χ2n) is 5.55. The number of hydrogen-bond acceptors (Lipinski definition) is 3. The van der Waals surface area contributed by atoms with E-state index in [1.807, 2.05) is 12.1 Å². The van der Waals surface area contributed by atoms with Crippen molar-refractivity contribution in [1.82, 2.24) is 5.32 Å². The van der Waals surface area contributed by atoms with Gasteiger partial charge in [-0.2, -0.15) is 0 Å². The molecule has 2 rings (SSSR count). The third-order valence-corrected chi connectivity index (χ3v) is 3.61. The highest BCUT2D eigenvalue weighted by Crippen LogP contribution is 2.17. The molecule has 0 bridgehead atoms. The van der Waals surface area contributed by atoms with Crippen molar-refractivity contribution in [3.63, 3.8) is 0 Å². The average Bonchev–Trinajstić information content (AvgIpc) is 2.55. The molecule has 2 aromatic carbocycles. The van der Waals surface area contributed by atoms with E-state index in [0.29, 0.717) is 12.1 Å². The van der Waals surface area contributed by atoms with Crippen LogP contribution in [0, 0.1) is 6.92 Å². The molecule has 4 heteroatoms. The number of nitrogens with one attached hydrogen (secondary N) is 1. The van der Waals surface area contributed by atoms with Crippen LogP contribution >= 0.6 is 0 Å². The van der Waals surface area contributed by atoms with Crippen LogP contribution in [0.2, 0.25) is 0 Å². The van der Waals surface area contributed by atoms with Gasteiger partial charge in [0.1, 0.15) is 5.75 Å². The molecule has 2 N–H and O–H groups in total. The van der Waals surface area contributed by atoms with Gasteiger partial charge in [-0.3, -0.25) is 0 Å². The molecule has 0 aromatic heterocycles. The number of benzene rings is 2. The van der Waals surface area contributed by atoms with E-state index in [4.69, 9.17) is 9.84 Å². The van der Waals surface area contributed by atoms with Crippen LogP contribution in [0.25, 0.3) is 0 Å². The van der Waals surface area contributed by atoms with Gasteiger partial charge in [-0.05, 0) is 54.3 Å². The van der Waals surface area contributed by atoms with Gasteiger partial charge in [0.05, 0.1) is 12.2 Å². The van der Waals surface area contributed by atoms with Crippen molar-refractivity contribution >= 4 is 5.97 Å². The van der Waals surface area contributed by atoms with Crippen LogP contribution in [-0.4, -0.2) is 17.7 Å². The Morgan fingerprint density at radius 3 is 2.70 bits per heavy atom. The summed E-state index contributed by atoms with van der Waals surface area (Å²) in [4.78, 5) is 11.0. The zero-order valence-electron chi connectivity index (χ0n) is 13.6. The van der Waals surface area contributed by atoms with Gasteiger partial charge in [0, 0.05) is 13.1 Å². The first kappa shape index (κ1) is 17.0. The van der Waals surface area contributed by atoms with Crippen molar-refractivity contribution in [2.24, 2.45) is 0 Å². The van der Waals surface area contributed by atoms with Crippen molar-refractivity contribution in [2.75, 3.05) is 6.61 Å². The molecule has 0 atom stereocenters. The van der Waals surface area contributed by atoms with E-state index >= 15 is 0 Å². The highest BCUT2D eigenvalue weighted by molar-refractivity contribution is 5.87. The molecule has 0 saturated heterocycles. The fraction of sp³-hybridized carbons (Fsp3) is 0.316. The Labute approximate surface area is 137 Å². The summed E-state index contributed by atoms with van der Waals surface area (Å²) in [5, 5.41) is 12.4. The highest BCUT2D eigenvalue weighted by Gasteiger charge is 2.04. The van der Waals surface area contributed by atoms with Crippen LogP contribution in [0.5, 0.6) is 5.75 Å². The summed E-state index contributed by atoms with van der Waals surface area (Å²) >= 11 is 0. The monoisotopic (exact) mass is 313 g/mol.